The standard InChI is InChI=1S/C18H26BrF2O4PS/c1-12(22)27-11-13-8-9-14(15(19)10-13)18(16(2,3)4,17(5,6)7)26(23,24-20)25-21/h8-10H,11H2,1-7H3. The van der Waals surface area contributed by atoms with Crippen molar-refractivity contribution < 1.29 is 27.9 Å². The average Bonchev–Trinajstić information content (AvgIpc) is 2.52. The molecule has 0 amide bonds. The maximum absolute atomic E-state index is 13.5. The van der Waals surface area contributed by atoms with Gasteiger partial charge in [-0.2, -0.15) is 0 Å². The molecule has 0 unspecified atom stereocenters. The van der Waals surface area contributed by atoms with Gasteiger partial charge in [-0.25, -0.2) is 0 Å². The molecule has 0 saturated carbocycles. The Balaban J connectivity index is 3.82. The van der Waals surface area contributed by atoms with E-state index in [4.69, 9.17) is 0 Å². The second-order valence-corrected chi connectivity index (χ2v) is 12.4. The third-order valence-corrected chi connectivity index (χ3v) is 8.94. The molecule has 0 atom stereocenters. The number of carbonyl (C=O) groups is 1. The fourth-order valence-corrected chi connectivity index (χ4v) is 7.93. The van der Waals surface area contributed by atoms with Crippen molar-refractivity contribution in [1.82, 2.24) is 0 Å². The van der Waals surface area contributed by atoms with E-state index in [1.807, 2.05) is 0 Å². The Morgan fingerprint density at radius 1 is 1.11 bits per heavy atom. The number of hydrogen-bond donors (Lipinski definition) is 0. The van der Waals surface area contributed by atoms with Crippen LogP contribution in [0.1, 0.15) is 59.6 Å². The third-order valence-electron chi connectivity index (χ3n) is 4.63. The van der Waals surface area contributed by atoms with Crippen LogP contribution in [0.5, 0.6) is 0 Å². The van der Waals surface area contributed by atoms with Crippen LogP contribution in [0.25, 0.3) is 0 Å². The van der Waals surface area contributed by atoms with E-state index >= 15 is 0 Å². The highest BCUT2D eigenvalue weighted by Gasteiger charge is 2.67. The second kappa shape index (κ2) is 8.62. The Bertz CT molecular complexity index is 722. The van der Waals surface area contributed by atoms with E-state index in [1.54, 1.807) is 59.7 Å². The molecule has 0 aromatic heterocycles. The van der Waals surface area contributed by atoms with Crippen molar-refractivity contribution in [2.45, 2.75) is 59.4 Å². The molecule has 0 heterocycles. The van der Waals surface area contributed by atoms with Gasteiger partial charge in [-0.3, -0.25) is 9.36 Å². The maximum Gasteiger partial charge on any atom is 0.405 e. The molecule has 0 bridgehead atoms. The van der Waals surface area contributed by atoms with Crippen molar-refractivity contribution in [3.8, 4) is 0 Å². The van der Waals surface area contributed by atoms with Crippen LogP contribution in [0.4, 0.5) is 9.05 Å². The zero-order valence-corrected chi connectivity index (χ0v) is 19.9. The summed E-state index contributed by atoms with van der Waals surface area (Å²) < 4.78 is 48.2. The van der Waals surface area contributed by atoms with E-state index in [0.717, 1.165) is 17.3 Å². The lowest BCUT2D eigenvalue weighted by atomic mass is 9.62. The maximum atomic E-state index is 13.5. The van der Waals surface area contributed by atoms with E-state index in [0.29, 0.717) is 15.8 Å². The molecule has 0 N–H and O–H groups in total. The number of rotatable bonds is 6. The van der Waals surface area contributed by atoms with Gasteiger partial charge in [0.25, 0.3) is 0 Å². The predicted molar refractivity (Wildman–Crippen MR) is 109 cm³/mol. The van der Waals surface area contributed by atoms with Gasteiger partial charge in [-0.1, -0.05) is 81.4 Å². The molecule has 0 aliphatic carbocycles. The number of carbonyl (C=O) groups excluding carboxylic acids is 1. The van der Waals surface area contributed by atoms with Gasteiger partial charge in [0, 0.05) is 17.1 Å². The van der Waals surface area contributed by atoms with Crippen molar-refractivity contribution in [1.29, 1.82) is 0 Å². The van der Waals surface area contributed by atoms with Crippen molar-refractivity contribution in [3.05, 3.63) is 33.8 Å². The lowest BCUT2D eigenvalue weighted by Crippen LogP contribution is -2.50. The van der Waals surface area contributed by atoms with Crippen molar-refractivity contribution in [3.63, 3.8) is 0 Å². The number of thioether (sulfide) groups is 1. The van der Waals surface area contributed by atoms with Crippen molar-refractivity contribution >= 4 is 40.4 Å². The van der Waals surface area contributed by atoms with Crippen LogP contribution in [-0.4, -0.2) is 5.12 Å². The molecule has 0 radical (unpaired) electrons. The molecule has 0 aliphatic heterocycles. The monoisotopic (exact) mass is 486 g/mol. The summed E-state index contributed by atoms with van der Waals surface area (Å²) in [5, 5.41) is -1.68. The molecule has 0 fully saturated rings. The van der Waals surface area contributed by atoms with Crippen LogP contribution in [-0.2, 0) is 29.7 Å². The minimum atomic E-state index is -4.88. The summed E-state index contributed by atoms with van der Waals surface area (Å²) in [5.41, 5.74) is -0.605. The van der Waals surface area contributed by atoms with Crippen molar-refractivity contribution in [2.24, 2.45) is 10.8 Å². The quantitative estimate of drug-likeness (QED) is 0.389. The van der Waals surface area contributed by atoms with Gasteiger partial charge in [-0.05, 0) is 37.1 Å². The molecular formula is C18H26BrF2O4PS. The smallest absolute Gasteiger partial charge is 0.288 e. The SMILES string of the molecule is CC(=O)SCc1ccc(C(C(C)(C)C)(C(C)(C)C)P(=O)(OF)OF)c(Br)c1. The highest BCUT2D eigenvalue weighted by Crippen LogP contribution is 2.77. The zero-order chi connectivity index (χ0) is 21.3. The summed E-state index contributed by atoms with van der Waals surface area (Å²) in [4.78, 5) is 11.2. The predicted octanol–water partition coefficient (Wildman–Crippen LogP) is 7.51. The highest BCUT2D eigenvalue weighted by molar-refractivity contribution is 9.10. The highest BCUT2D eigenvalue weighted by atomic mass is 79.9. The molecule has 27 heavy (non-hydrogen) atoms. The summed E-state index contributed by atoms with van der Waals surface area (Å²) in [7, 11) is -4.88. The van der Waals surface area contributed by atoms with Crippen LogP contribution in [0.3, 0.4) is 0 Å². The summed E-state index contributed by atoms with van der Waals surface area (Å²) in [5.74, 6) is 0.448. The van der Waals surface area contributed by atoms with E-state index in [-0.39, 0.29) is 5.12 Å². The molecule has 0 saturated heterocycles. The molecule has 154 valence electrons. The lowest BCUT2D eigenvalue weighted by molar-refractivity contribution is -0.110. The van der Waals surface area contributed by atoms with Gasteiger partial charge in [0.2, 0.25) is 0 Å². The Hall–Kier alpha value is -0.270. The zero-order valence-electron chi connectivity index (χ0n) is 16.6. The summed E-state index contributed by atoms with van der Waals surface area (Å²) >= 11 is 4.60. The first-order valence-electron chi connectivity index (χ1n) is 8.31. The van der Waals surface area contributed by atoms with E-state index in [1.165, 1.54) is 6.92 Å². The Morgan fingerprint density at radius 3 is 1.93 bits per heavy atom. The van der Waals surface area contributed by atoms with Crippen molar-refractivity contribution in [2.75, 3.05) is 0 Å². The van der Waals surface area contributed by atoms with Gasteiger partial charge >= 0.3 is 7.60 Å². The van der Waals surface area contributed by atoms with E-state index in [9.17, 15) is 18.4 Å². The number of halogens is 3. The average molecular weight is 487 g/mol. The Kier molecular flexibility index (Phi) is 7.91. The first kappa shape index (κ1) is 24.8. The Morgan fingerprint density at radius 2 is 1.59 bits per heavy atom. The minimum absolute atomic E-state index is 0.0184. The molecular weight excluding hydrogens is 461 g/mol. The van der Waals surface area contributed by atoms with Gasteiger partial charge < -0.3 is 0 Å². The van der Waals surface area contributed by atoms with Crippen LogP contribution >= 0.6 is 35.3 Å². The lowest BCUT2D eigenvalue weighted by Gasteiger charge is -2.53. The van der Waals surface area contributed by atoms with Crippen LogP contribution in [0, 0.1) is 10.8 Å². The summed E-state index contributed by atoms with van der Waals surface area (Å²) in [6, 6.07) is 5.14. The normalized spacial score (nSPS) is 13.7. The summed E-state index contributed by atoms with van der Waals surface area (Å²) in [6.07, 6.45) is 0. The van der Waals surface area contributed by atoms with Gasteiger partial charge in [0.1, 0.15) is 5.16 Å². The van der Waals surface area contributed by atoms with Gasteiger partial charge in [-0.15, -0.1) is 9.46 Å². The van der Waals surface area contributed by atoms with Gasteiger partial charge in [0.05, 0.1) is 0 Å². The number of benzene rings is 1. The van der Waals surface area contributed by atoms with Gasteiger partial charge in [0.15, 0.2) is 5.12 Å². The fourth-order valence-electron chi connectivity index (χ4n) is 4.14. The molecule has 1 aromatic carbocycles. The first-order chi connectivity index (χ1) is 12.2. The largest absolute Gasteiger partial charge is 0.405 e. The Labute approximate surface area is 172 Å². The van der Waals surface area contributed by atoms with Crippen LogP contribution < -0.4 is 0 Å². The number of hydrogen-bond acceptors (Lipinski definition) is 5. The molecule has 1 aromatic rings. The molecule has 0 aliphatic rings. The van der Waals surface area contributed by atoms with E-state index < -0.39 is 23.6 Å². The molecule has 9 heteroatoms. The summed E-state index contributed by atoms with van der Waals surface area (Å²) in [6.45, 7) is 11.9. The minimum Gasteiger partial charge on any atom is -0.288 e. The van der Waals surface area contributed by atoms with Crippen LogP contribution in [0.2, 0.25) is 0 Å². The van der Waals surface area contributed by atoms with Crippen LogP contribution in [0.15, 0.2) is 22.7 Å². The molecule has 4 nitrogen and oxygen atoms in total. The third kappa shape index (κ3) is 4.50. The fraction of sp³-hybridized carbons (Fsp3) is 0.611. The molecule has 0 spiro atoms. The molecule has 1 rings (SSSR count). The first-order valence-corrected chi connectivity index (χ1v) is 11.6. The topological polar surface area (TPSA) is 52.6 Å². The second-order valence-electron chi connectivity index (χ2n) is 8.44. The van der Waals surface area contributed by atoms with E-state index in [2.05, 4.69) is 25.4 Å².